The standard InChI is InChI=1S/C18H20FN3O2/c19-15-2-4-18(20-10-15)21-16-5-7-22(11-16)17-3-1-13(12-24)9-14(17)6-8-23/h1-4,9-10,12,16,23H,5-8,11H2,(H,20,21). The molecular weight excluding hydrogens is 309 g/mol. The Morgan fingerprint density at radius 2 is 2.25 bits per heavy atom. The highest BCUT2D eigenvalue weighted by Crippen LogP contribution is 2.27. The molecule has 24 heavy (non-hydrogen) atoms. The third kappa shape index (κ3) is 3.71. The van der Waals surface area contributed by atoms with Gasteiger partial charge in [0.2, 0.25) is 0 Å². The monoisotopic (exact) mass is 329 g/mol. The predicted molar refractivity (Wildman–Crippen MR) is 91.1 cm³/mol. The van der Waals surface area contributed by atoms with Crippen molar-refractivity contribution in [3.8, 4) is 0 Å². The Morgan fingerprint density at radius 1 is 1.38 bits per heavy atom. The van der Waals surface area contributed by atoms with Crippen molar-refractivity contribution < 1.29 is 14.3 Å². The highest BCUT2D eigenvalue weighted by atomic mass is 19.1. The van der Waals surface area contributed by atoms with Crippen LogP contribution in [0.5, 0.6) is 0 Å². The van der Waals surface area contributed by atoms with Crippen LogP contribution < -0.4 is 10.2 Å². The molecule has 1 aliphatic rings. The van der Waals surface area contributed by atoms with Gasteiger partial charge in [-0.25, -0.2) is 9.37 Å². The Hall–Kier alpha value is -2.47. The average Bonchev–Trinajstić information content (AvgIpc) is 3.05. The lowest BCUT2D eigenvalue weighted by Crippen LogP contribution is -2.27. The van der Waals surface area contributed by atoms with E-state index in [2.05, 4.69) is 15.2 Å². The second-order valence-electron chi connectivity index (χ2n) is 5.92. The van der Waals surface area contributed by atoms with Gasteiger partial charge in [0.05, 0.1) is 6.20 Å². The van der Waals surface area contributed by atoms with Crippen LogP contribution in [0.4, 0.5) is 15.9 Å². The van der Waals surface area contributed by atoms with Crippen LogP contribution in [0.25, 0.3) is 0 Å². The Morgan fingerprint density at radius 3 is 2.96 bits per heavy atom. The molecule has 5 nitrogen and oxygen atoms in total. The molecule has 2 N–H and O–H groups in total. The van der Waals surface area contributed by atoms with Crippen LogP contribution in [0.1, 0.15) is 22.3 Å². The molecule has 1 saturated heterocycles. The van der Waals surface area contributed by atoms with Crippen LogP contribution in [0, 0.1) is 5.82 Å². The smallest absolute Gasteiger partial charge is 0.150 e. The van der Waals surface area contributed by atoms with Gasteiger partial charge in [-0.2, -0.15) is 0 Å². The summed E-state index contributed by atoms with van der Waals surface area (Å²) >= 11 is 0. The lowest BCUT2D eigenvalue weighted by Gasteiger charge is -2.22. The van der Waals surface area contributed by atoms with E-state index < -0.39 is 0 Å². The summed E-state index contributed by atoms with van der Waals surface area (Å²) in [5.74, 6) is 0.313. The zero-order chi connectivity index (χ0) is 16.9. The molecule has 1 aromatic carbocycles. The van der Waals surface area contributed by atoms with Crippen molar-refractivity contribution in [2.75, 3.05) is 29.9 Å². The summed E-state index contributed by atoms with van der Waals surface area (Å²) in [6, 6.07) is 8.81. The Bertz CT molecular complexity index is 706. The van der Waals surface area contributed by atoms with E-state index in [4.69, 9.17) is 0 Å². The molecule has 0 bridgehead atoms. The molecule has 1 aromatic heterocycles. The van der Waals surface area contributed by atoms with E-state index in [1.807, 2.05) is 12.1 Å². The Balaban J connectivity index is 1.70. The van der Waals surface area contributed by atoms with Gasteiger partial charge in [0.1, 0.15) is 17.9 Å². The van der Waals surface area contributed by atoms with Crippen LogP contribution in [-0.4, -0.2) is 42.1 Å². The summed E-state index contributed by atoms with van der Waals surface area (Å²) in [7, 11) is 0. The number of aliphatic hydroxyl groups is 1. The zero-order valence-electron chi connectivity index (χ0n) is 13.3. The largest absolute Gasteiger partial charge is 0.396 e. The zero-order valence-corrected chi connectivity index (χ0v) is 13.3. The van der Waals surface area contributed by atoms with Gasteiger partial charge in [-0.3, -0.25) is 4.79 Å². The third-order valence-corrected chi connectivity index (χ3v) is 4.23. The van der Waals surface area contributed by atoms with Crippen molar-refractivity contribution in [2.45, 2.75) is 18.9 Å². The van der Waals surface area contributed by atoms with Crippen LogP contribution in [-0.2, 0) is 6.42 Å². The van der Waals surface area contributed by atoms with Gasteiger partial charge in [0.15, 0.2) is 0 Å². The van der Waals surface area contributed by atoms with Crippen LogP contribution in [0.3, 0.4) is 0 Å². The van der Waals surface area contributed by atoms with Crippen molar-refractivity contribution in [2.24, 2.45) is 0 Å². The van der Waals surface area contributed by atoms with Gasteiger partial charge in [-0.15, -0.1) is 0 Å². The predicted octanol–water partition coefficient (Wildman–Crippen LogP) is 2.26. The number of hydrogen-bond acceptors (Lipinski definition) is 5. The molecule has 2 heterocycles. The summed E-state index contributed by atoms with van der Waals surface area (Å²) in [6.45, 7) is 1.71. The van der Waals surface area contributed by atoms with E-state index in [-0.39, 0.29) is 18.5 Å². The quantitative estimate of drug-likeness (QED) is 0.796. The summed E-state index contributed by atoms with van der Waals surface area (Å²) in [5.41, 5.74) is 2.64. The fraction of sp³-hybridized carbons (Fsp3) is 0.333. The molecule has 3 rings (SSSR count). The van der Waals surface area contributed by atoms with Crippen molar-refractivity contribution in [3.05, 3.63) is 53.5 Å². The number of rotatable bonds is 6. The number of aromatic nitrogens is 1. The van der Waals surface area contributed by atoms with Gasteiger partial charge in [0.25, 0.3) is 0 Å². The van der Waals surface area contributed by atoms with E-state index >= 15 is 0 Å². The van der Waals surface area contributed by atoms with E-state index in [9.17, 15) is 14.3 Å². The number of benzene rings is 1. The molecule has 0 amide bonds. The molecule has 0 aliphatic carbocycles. The number of pyridine rings is 1. The second-order valence-corrected chi connectivity index (χ2v) is 5.92. The van der Waals surface area contributed by atoms with Crippen molar-refractivity contribution >= 4 is 17.8 Å². The van der Waals surface area contributed by atoms with Gasteiger partial charge in [-0.05, 0) is 48.7 Å². The van der Waals surface area contributed by atoms with Crippen LogP contribution in [0.15, 0.2) is 36.5 Å². The number of nitrogens with one attached hydrogen (secondary N) is 1. The summed E-state index contributed by atoms with van der Waals surface area (Å²) < 4.78 is 12.9. The van der Waals surface area contributed by atoms with Crippen molar-refractivity contribution in [1.82, 2.24) is 4.98 Å². The highest BCUT2D eigenvalue weighted by Gasteiger charge is 2.24. The summed E-state index contributed by atoms with van der Waals surface area (Å²) in [4.78, 5) is 17.2. The lowest BCUT2D eigenvalue weighted by atomic mass is 10.1. The fourth-order valence-electron chi connectivity index (χ4n) is 3.08. The normalized spacial score (nSPS) is 17.1. The topological polar surface area (TPSA) is 65.5 Å². The van der Waals surface area contributed by atoms with Crippen LogP contribution in [0.2, 0.25) is 0 Å². The van der Waals surface area contributed by atoms with E-state index in [1.165, 1.54) is 12.3 Å². The molecule has 126 valence electrons. The fourth-order valence-corrected chi connectivity index (χ4v) is 3.08. The molecule has 1 unspecified atom stereocenters. The minimum absolute atomic E-state index is 0.0460. The number of carbonyl (C=O) groups is 1. The maximum atomic E-state index is 12.9. The number of nitrogens with zero attached hydrogens (tertiary/aromatic N) is 2. The van der Waals surface area contributed by atoms with E-state index in [1.54, 1.807) is 12.1 Å². The highest BCUT2D eigenvalue weighted by molar-refractivity contribution is 5.77. The van der Waals surface area contributed by atoms with Crippen LogP contribution >= 0.6 is 0 Å². The number of aldehydes is 1. The molecule has 1 fully saturated rings. The van der Waals surface area contributed by atoms with Gasteiger partial charge in [0, 0.05) is 37.0 Å². The van der Waals surface area contributed by atoms with Crippen molar-refractivity contribution in [3.63, 3.8) is 0 Å². The maximum Gasteiger partial charge on any atom is 0.150 e. The Kier molecular flexibility index (Phi) is 5.05. The molecule has 6 heteroatoms. The first-order valence-electron chi connectivity index (χ1n) is 8.01. The van der Waals surface area contributed by atoms with E-state index in [0.29, 0.717) is 17.8 Å². The average molecular weight is 329 g/mol. The number of aliphatic hydroxyl groups excluding tert-OH is 1. The first-order chi connectivity index (χ1) is 11.7. The molecule has 1 atom stereocenters. The van der Waals surface area contributed by atoms with Gasteiger partial charge < -0.3 is 15.3 Å². The Labute approximate surface area is 140 Å². The van der Waals surface area contributed by atoms with E-state index in [0.717, 1.165) is 37.0 Å². The molecule has 0 radical (unpaired) electrons. The number of hydrogen-bond donors (Lipinski definition) is 2. The number of halogens is 1. The van der Waals surface area contributed by atoms with Gasteiger partial charge in [-0.1, -0.05) is 0 Å². The van der Waals surface area contributed by atoms with Gasteiger partial charge >= 0.3 is 0 Å². The SMILES string of the molecule is O=Cc1ccc(N2CCC(Nc3ccc(F)cn3)C2)c(CCO)c1. The second kappa shape index (κ2) is 7.40. The molecular formula is C18H20FN3O2. The summed E-state index contributed by atoms with van der Waals surface area (Å²) in [6.07, 6.45) is 3.48. The maximum absolute atomic E-state index is 12.9. The lowest BCUT2D eigenvalue weighted by molar-refractivity contribution is 0.112. The van der Waals surface area contributed by atoms with Crippen molar-refractivity contribution in [1.29, 1.82) is 0 Å². The minimum atomic E-state index is -0.350. The molecule has 2 aromatic rings. The molecule has 0 spiro atoms. The number of anilines is 2. The molecule has 1 aliphatic heterocycles. The minimum Gasteiger partial charge on any atom is -0.396 e. The summed E-state index contributed by atoms with van der Waals surface area (Å²) in [5, 5.41) is 12.6. The first kappa shape index (κ1) is 16.4. The number of carbonyl (C=O) groups excluding carboxylic acids is 1. The first-order valence-corrected chi connectivity index (χ1v) is 8.01. The third-order valence-electron chi connectivity index (χ3n) is 4.23. The molecule has 0 saturated carbocycles.